The number of Topliss-reactive ketones (excluding diaryl/α,β-unsaturated/α-hetero) is 1. The SMILES string of the molecule is CCOCO[C@H]1CC[C@@]2(C)[C@H](CC[C@@H]3[C@@H]2CC[C@]2(C)C(=O)C(S(=O)c4ccc(C)cc4)C[C@]32OCOCC)C1. The quantitative estimate of drug-likeness (QED) is 0.250. The first-order chi connectivity index (χ1) is 18.7. The second-order valence-electron chi connectivity index (χ2n) is 12.8. The van der Waals surface area contributed by atoms with E-state index in [9.17, 15) is 9.00 Å². The topological polar surface area (TPSA) is 71.1 Å². The third-order valence-electron chi connectivity index (χ3n) is 11.2. The molecule has 0 N–H and O–H groups in total. The molecule has 5 rings (SSSR count). The van der Waals surface area contributed by atoms with Crippen molar-refractivity contribution in [3.63, 3.8) is 0 Å². The van der Waals surface area contributed by atoms with Gasteiger partial charge in [-0.1, -0.05) is 24.6 Å². The van der Waals surface area contributed by atoms with Gasteiger partial charge in [0.2, 0.25) is 0 Å². The van der Waals surface area contributed by atoms with Gasteiger partial charge < -0.3 is 18.9 Å². The highest BCUT2D eigenvalue weighted by molar-refractivity contribution is 7.86. The molecule has 0 bridgehead atoms. The lowest BCUT2D eigenvalue weighted by atomic mass is 9.44. The van der Waals surface area contributed by atoms with Crippen LogP contribution in [0.15, 0.2) is 29.2 Å². The fourth-order valence-corrected chi connectivity index (χ4v) is 10.5. The van der Waals surface area contributed by atoms with Gasteiger partial charge in [-0.3, -0.25) is 9.00 Å². The van der Waals surface area contributed by atoms with Gasteiger partial charge in [-0.05, 0) is 114 Å². The van der Waals surface area contributed by atoms with Crippen LogP contribution in [0, 0.1) is 35.5 Å². The largest absolute Gasteiger partial charge is 0.356 e. The Morgan fingerprint density at radius 1 is 0.923 bits per heavy atom. The molecule has 1 aromatic rings. The molecule has 1 aromatic carbocycles. The predicted octanol–water partition coefficient (Wildman–Crippen LogP) is 6.21. The zero-order chi connectivity index (χ0) is 27.8. The Labute approximate surface area is 237 Å². The first-order valence-corrected chi connectivity index (χ1v) is 16.3. The van der Waals surface area contributed by atoms with Crippen molar-refractivity contribution in [2.45, 2.75) is 108 Å². The number of fused-ring (bicyclic) bond motifs is 5. The number of benzene rings is 1. The normalized spacial score (nSPS) is 40.5. The van der Waals surface area contributed by atoms with Crippen molar-refractivity contribution in [2.75, 3.05) is 26.8 Å². The van der Waals surface area contributed by atoms with Crippen molar-refractivity contribution < 1.29 is 28.0 Å². The molecule has 9 atom stereocenters. The molecule has 4 fully saturated rings. The van der Waals surface area contributed by atoms with Crippen molar-refractivity contribution in [3.05, 3.63) is 29.8 Å². The Morgan fingerprint density at radius 3 is 2.36 bits per heavy atom. The van der Waals surface area contributed by atoms with E-state index in [1.54, 1.807) is 0 Å². The van der Waals surface area contributed by atoms with Gasteiger partial charge in [0.05, 0.1) is 27.9 Å². The van der Waals surface area contributed by atoms with Crippen molar-refractivity contribution in [3.8, 4) is 0 Å². The zero-order valence-corrected chi connectivity index (χ0v) is 25.4. The minimum absolute atomic E-state index is 0.122. The van der Waals surface area contributed by atoms with E-state index in [-0.39, 0.29) is 30.0 Å². The Kier molecular flexibility index (Phi) is 8.76. The van der Waals surface area contributed by atoms with Crippen LogP contribution in [-0.4, -0.2) is 53.7 Å². The summed E-state index contributed by atoms with van der Waals surface area (Å²) in [6.07, 6.45) is 7.98. The van der Waals surface area contributed by atoms with Crippen LogP contribution in [0.4, 0.5) is 0 Å². The van der Waals surface area contributed by atoms with E-state index >= 15 is 0 Å². The smallest absolute Gasteiger partial charge is 0.157 e. The average Bonchev–Trinajstić information content (AvgIpc) is 3.16. The van der Waals surface area contributed by atoms with E-state index in [0.717, 1.165) is 55.4 Å². The number of carbonyl (C=O) groups is 1. The molecule has 0 radical (unpaired) electrons. The summed E-state index contributed by atoms with van der Waals surface area (Å²) in [6.45, 7) is 12.4. The molecular weight excluding hydrogens is 512 g/mol. The van der Waals surface area contributed by atoms with Gasteiger partial charge in [-0.2, -0.15) is 0 Å². The monoisotopic (exact) mass is 560 g/mol. The summed E-state index contributed by atoms with van der Waals surface area (Å²) in [5.41, 5.74) is 0.00640. The molecule has 0 amide bonds. The lowest BCUT2D eigenvalue weighted by molar-refractivity contribution is -0.253. The van der Waals surface area contributed by atoms with Crippen molar-refractivity contribution in [1.82, 2.24) is 0 Å². The maximum Gasteiger partial charge on any atom is 0.157 e. The molecule has 0 heterocycles. The van der Waals surface area contributed by atoms with Crippen LogP contribution in [0.2, 0.25) is 0 Å². The number of hydrogen-bond acceptors (Lipinski definition) is 6. The van der Waals surface area contributed by atoms with Crippen molar-refractivity contribution >= 4 is 16.6 Å². The van der Waals surface area contributed by atoms with Gasteiger partial charge >= 0.3 is 0 Å². The molecule has 218 valence electrons. The molecule has 4 aliphatic rings. The van der Waals surface area contributed by atoms with E-state index in [2.05, 4.69) is 13.8 Å². The molecule has 0 saturated heterocycles. The van der Waals surface area contributed by atoms with Crippen molar-refractivity contribution in [1.29, 1.82) is 0 Å². The summed E-state index contributed by atoms with van der Waals surface area (Å²) in [4.78, 5) is 15.0. The van der Waals surface area contributed by atoms with E-state index in [1.807, 2.05) is 45.0 Å². The molecule has 2 unspecified atom stereocenters. The lowest BCUT2D eigenvalue weighted by Crippen LogP contribution is -2.63. The van der Waals surface area contributed by atoms with Crippen LogP contribution in [0.3, 0.4) is 0 Å². The van der Waals surface area contributed by atoms with Crippen LogP contribution < -0.4 is 0 Å². The minimum atomic E-state index is -1.41. The first kappa shape index (κ1) is 29.4. The summed E-state index contributed by atoms with van der Waals surface area (Å²) in [5, 5.41) is -0.550. The van der Waals surface area contributed by atoms with Gasteiger partial charge in [-0.15, -0.1) is 0 Å². The van der Waals surface area contributed by atoms with E-state index in [4.69, 9.17) is 18.9 Å². The summed E-state index contributed by atoms with van der Waals surface area (Å²) in [5.74, 6) is 1.44. The number of aryl methyl sites for hydroxylation is 1. The molecule has 0 aromatic heterocycles. The van der Waals surface area contributed by atoms with Gasteiger partial charge in [0.15, 0.2) is 5.78 Å². The number of ether oxygens (including phenoxy) is 4. The van der Waals surface area contributed by atoms with Crippen LogP contribution >= 0.6 is 0 Å². The van der Waals surface area contributed by atoms with E-state index < -0.39 is 27.1 Å². The van der Waals surface area contributed by atoms with Crippen LogP contribution in [0.5, 0.6) is 0 Å². The number of rotatable bonds is 10. The lowest BCUT2D eigenvalue weighted by Gasteiger charge is -2.63. The van der Waals surface area contributed by atoms with Gasteiger partial charge in [0.1, 0.15) is 18.8 Å². The zero-order valence-electron chi connectivity index (χ0n) is 24.5. The molecule has 0 spiro atoms. The number of ketones is 1. The van der Waals surface area contributed by atoms with Crippen molar-refractivity contribution in [2.24, 2.45) is 28.6 Å². The average molecular weight is 561 g/mol. The van der Waals surface area contributed by atoms with E-state index in [0.29, 0.717) is 38.3 Å². The Morgan fingerprint density at radius 2 is 1.64 bits per heavy atom. The highest BCUT2D eigenvalue weighted by Crippen LogP contribution is 2.68. The Hall–Kier alpha value is -1.12. The molecule has 4 aliphatic carbocycles. The molecule has 7 heteroatoms. The third kappa shape index (κ3) is 4.98. The predicted molar refractivity (Wildman–Crippen MR) is 152 cm³/mol. The highest BCUT2D eigenvalue weighted by atomic mass is 32.2. The van der Waals surface area contributed by atoms with Gasteiger partial charge in [0, 0.05) is 18.1 Å². The second-order valence-corrected chi connectivity index (χ2v) is 14.5. The summed E-state index contributed by atoms with van der Waals surface area (Å²) >= 11 is 0. The number of hydrogen-bond donors (Lipinski definition) is 0. The summed E-state index contributed by atoms with van der Waals surface area (Å²) in [6, 6.07) is 7.79. The molecule has 4 saturated carbocycles. The third-order valence-corrected chi connectivity index (χ3v) is 12.8. The molecule has 39 heavy (non-hydrogen) atoms. The molecule has 0 aliphatic heterocycles. The fourth-order valence-electron chi connectivity index (χ4n) is 8.89. The van der Waals surface area contributed by atoms with Crippen LogP contribution in [0.1, 0.15) is 84.6 Å². The maximum atomic E-state index is 14.2. The van der Waals surface area contributed by atoms with E-state index in [1.165, 1.54) is 0 Å². The highest BCUT2D eigenvalue weighted by Gasteiger charge is 2.71. The second kappa shape index (κ2) is 11.6. The summed E-state index contributed by atoms with van der Waals surface area (Å²) in [7, 11) is -1.41. The molecular formula is C32H48O6S. The van der Waals surface area contributed by atoms with Gasteiger partial charge in [-0.25, -0.2) is 0 Å². The fraction of sp³-hybridized carbons (Fsp3) is 0.781. The minimum Gasteiger partial charge on any atom is -0.356 e. The van der Waals surface area contributed by atoms with Gasteiger partial charge in [0.25, 0.3) is 0 Å². The number of carbonyl (C=O) groups excluding carboxylic acids is 1. The van der Waals surface area contributed by atoms with Crippen LogP contribution in [0.25, 0.3) is 0 Å². The van der Waals surface area contributed by atoms with Crippen LogP contribution in [-0.2, 0) is 34.5 Å². The molecule has 6 nitrogen and oxygen atoms in total. The Balaban J connectivity index is 1.44. The first-order valence-electron chi connectivity index (χ1n) is 15.1. The summed E-state index contributed by atoms with van der Waals surface area (Å²) < 4.78 is 38.0. The standard InChI is InChI=1S/C32H48O6S/c1-6-35-20-37-24-14-16-30(4)23(18-24)10-13-27-26(30)15-17-31(5)29(33)28(19-32(27,31)38-21-36-7-2)39(34)25-11-8-22(3)9-12-25/h8-9,11-12,23-24,26-28H,6-7,10,13-21H2,1-5H3/t23-,24+,26+,27-,28?,30+,31-,32+,39?/m1/s1. The maximum absolute atomic E-state index is 14.2. The Bertz CT molecular complexity index is 1040.